The molecule has 0 saturated heterocycles. The van der Waals surface area contributed by atoms with Crippen molar-refractivity contribution < 1.29 is 2.74 Å². The molecule has 0 unspecified atom stereocenters. The smallest absolute Gasteiger partial charge is 0.0645 e. The zero-order chi connectivity index (χ0) is 27.9. The van der Waals surface area contributed by atoms with Gasteiger partial charge in [0.15, 0.2) is 0 Å². The second-order valence-electron chi connectivity index (χ2n) is 10.5. The lowest BCUT2D eigenvalue weighted by Gasteiger charge is -2.11. The van der Waals surface area contributed by atoms with Gasteiger partial charge >= 0.3 is 0 Å². The quantitative estimate of drug-likeness (QED) is 0.239. The highest BCUT2D eigenvalue weighted by molar-refractivity contribution is 6.24. The predicted molar refractivity (Wildman–Crippen MR) is 171 cm³/mol. The van der Waals surface area contributed by atoms with E-state index < -0.39 is 0 Å². The molecule has 0 aliphatic rings. The van der Waals surface area contributed by atoms with E-state index in [4.69, 9.17) is 0 Å². The van der Waals surface area contributed by atoms with Crippen LogP contribution in [-0.2, 0) is 0 Å². The van der Waals surface area contributed by atoms with Crippen LogP contribution in [0, 0.1) is 0 Å². The minimum absolute atomic E-state index is 0.329. The summed E-state index contributed by atoms with van der Waals surface area (Å²) in [4.78, 5) is 3.66. The Bertz CT molecular complexity index is 2520. The SMILES string of the molecule is [2H]c1cc(-c2cccc3ccccc23)cc([2H])c1-n1c2ccccc2c2cc3c(cc21)[nH]c1ccc2ccccc2c13. The first-order chi connectivity index (χ1) is 20.7. The zero-order valence-electron chi connectivity index (χ0n) is 23.6. The third-order valence-electron chi connectivity index (χ3n) is 8.33. The largest absolute Gasteiger partial charge is 0.354 e. The molecule has 0 spiro atoms. The molecule has 0 aliphatic heterocycles. The number of hydrogen-bond donors (Lipinski definition) is 1. The molecule has 1 N–H and O–H groups in total. The third-order valence-corrected chi connectivity index (χ3v) is 8.33. The summed E-state index contributed by atoms with van der Waals surface area (Å²) in [6, 6.07) is 44.6. The van der Waals surface area contributed by atoms with Gasteiger partial charge in [-0.05, 0) is 69.0 Å². The molecule has 2 heteroatoms. The van der Waals surface area contributed by atoms with Crippen molar-refractivity contribution in [2.75, 3.05) is 0 Å². The first kappa shape index (κ1) is 19.7. The molecule has 0 bridgehead atoms. The first-order valence-corrected chi connectivity index (χ1v) is 13.6. The minimum Gasteiger partial charge on any atom is -0.354 e. The summed E-state index contributed by atoms with van der Waals surface area (Å²) >= 11 is 0. The van der Waals surface area contributed by atoms with Crippen LogP contribution >= 0.6 is 0 Å². The molecule has 7 aromatic carbocycles. The predicted octanol–water partition coefficient (Wildman–Crippen LogP) is 10.4. The van der Waals surface area contributed by atoms with Gasteiger partial charge in [-0.3, -0.25) is 0 Å². The summed E-state index contributed by atoms with van der Waals surface area (Å²) in [5.41, 5.74) is 6.64. The van der Waals surface area contributed by atoms with Crippen LogP contribution in [0.1, 0.15) is 2.74 Å². The summed E-state index contributed by atoms with van der Waals surface area (Å²) < 4.78 is 20.6. The standard InChI is InChI=1S/C38H24N2/c1-3-11-28-24(8-1)10-7-14-29(28)26-16-19-27(20-17-26)40-36-15-6-5-13-31(36)32-22-33-35(23-37(32)40)39-34-21-18-25-9-2-4-12-30(25)38(33)34/h1-23,39H/i19D,20D. The van der Waals surface area contributed by atoms with Crippen molar-refractivity contribution in [2.45, 2.75) is 0 Å². The maximum absolute atomic E-state index is 9.23. The number of hydrogen-bond acceptors (Lipinski definition) is 0. The lowest BCUT2D eigenvalue weighted by molar-refractivity contribution is 1.18. The van der Waals surface area contributed by atoms with E-state index in [9.17, 15) is 2.74 Å². The molecule has 9 aromatic rings. The summed E-state index contributed by atoms with van der Waals surface area (Å²) in [6.45, 7) is 0. The van der Waals surface area contributed by atoms with Gasteiger partial charge in [-0.15, -0.1) is 0 Å². The van der Waals surface area contributed by atoms with Crippen molar-refractivity contribution in [2.24, 2.45) is 0 Å². The summed E-state index contributed by atoms with van der Waals surface area (Å²) in [7, 11) is 0. The van der Waals surface area contributed by atoms with Crippen molar-refractivity contribution in [3.05, 3.63) is 139 Å². The number of nitrogens with one attached hydrogen (secondary N) is 1. The van der Waals surface area contributed by atoms with Gasteiger partial charge in [0.1, 0.15) is 0 Å². The van der Waals surface area contributed by atoms with Crippen molar-refractivity contribution in [1.82, 2.24) is 9.55 Å². The summed E-state index contributed by atoms with van der Waals surface area (Å²) in [5.74, 6) is 0. The fourth-order valence-corrected chi connectivity index (χ4v) is 6.51. The Labute approximate surface area is 233 Å². The van der Waals surface area contributed by atoms with E-state index in [0.717, 1.165) is 54.7 Å². The van der Waals surface area contributed by atoms with E-state index in [2.05, 4.69) is 101 Å². The number of para-hydroxylation sites is 1. The number of H-pyrrole nitrogens is 1. The Kier molecular flexibility index (Phi) is 3.98. The molecule has 0 fully saturated rings. The molecule has 0 aliphatic carbocycles. The molecule has 0 amide bonds. The fraction of sp³-hybridized carbons (Fsp3) is 0. The van der Waals surface area contributed by atoms with Crippen molar-refractivity contribution in [1.29, 1.82) is 0 Å². The second kappa shape index (κ2) is 8.08. The molecule has 2 nitrogen and oxygen atoms in total. The van der Waals surface area contributed by atoms with Gasteiger partial charge in [0, 0.05) is 38.3 Å². The van der Waals surface area contributed by atoms with E-state index in [-0.39, 0.29) is 0 Å². The number of fused-ring (bicyclic) bond motifs is 9. The van der Waals surface area contributed by atoms with Crippen molar-refractivity contribution in [3.8, 4) is 16.8 Å². The molecular formula is C38H24N2. The van der Waals surface area contributed by atoms with Gasteiger partial charge in [0.2, 0.25) is 0 Å². The average molecular weight is 511 g/mol. The highest BCUT2D eigenvalue weighted by Crippen LogP contribution is 2.39. The van der Waals surface area contributed by atoms with Crippen LogP contribution in [0.5, 0.6) is 0 Å². The van der Waals surface area contributed by atoms with E-state index in [0.29, 0.717) is 17.8 Å². The van der Waals surface area contributed by atoms with Crippen LogP contribution in [0.3, 0.4) is 0 Å². The Morgan fingerprint density at radius 3 is 2.05 bits per heavy atom. The fourth-order valence-electron chi connectivity index (χ4n) is 6.51. The van der Waals surface area contributed by atoms with Gasteiger partial charge in [0.05, 0.1) is 13.8 Å². The van der Waals surface area contributed by atoms with Crippen molar-refractivity contribution in [3.63, 3.8) is 0 Å². The Hall–Kier alpha value is -5.34. The van der Waals surface area contributed by atoms with Crippen LogP contribution in [0.15, 0.2) is 139 Å². The third kappa shape index (κ3) is 2.99. The average Bonchev–Trinajstić information content (AvgIpc) is 3.54. The number of rotatable bonds is 2. The summed E-state index contributed by atoms with van der Waals surface area (Å²) in [5, 5.41) is 9.36. The van der Waals surface area contributed by atoms with Gasteiger partial charge in [0.25, 0.3) is 0 Å². The second-order valence-corrected chi connectivity index (χ2v) is 10.5. The maximum atomic E-state index is 9.23. The highest BCUT2D eigenvalue weighted by atomic mass is 15.0. The van der Waals surface area contributed by atoms with E-state index in [1.165, 1.54) is 21.5 Å². The van der Waals surface area contributed by atoms with E-state index in [1.807, 2.05) is 36.4 Å². The van der Waals surface area contributed by atoms with E-state index >= 15 is 0 Å². The maximum Gasteiger partial charge on any atom is 0.0645 e. The van der Waals surface area contributed by atoms with Crippen LogP contribution in [0.2, 0.25) is 0 Å². The molecular weight excluding hydrogens is 484 g/mol. The topological polar surface area (TPSA) is 20.7 Å². The van der Waals surface area contributed by atoms with Gasteiger partial charge in [-0.1, -0.05) is 103 Å². The molecule has 186 valence electrons. The molecule has 0 atom stereocenters. The number of aromatic amines is 1. The molecule has 2 heterocycles. The lowest BCUT2D eigenvalue weighted by Crippen LogP contribution is -1.94. The van der Waals surface area contributed by atoms with Gasteiger partial charge in [-0.2, -0.15) is 0 Å². The molecule has 9 rings (SSSR count). The normalized spacial score (nSPS) is 12.7. The van der Waals surface area contributed by atoms with Crippen molar-refractivity contribution >= 4 is 65.2 Å². The molecule has 0 saturated carbocycles. The number of benzene rings is 7. The number of aromatic nitrogens is 2. The summed E-state index contributed by atoms with van der Waals surface area (Å²) in [6.07, 6.45) is 0. The Morgan fingerprint density at radius 1 is 0.500 bits per heavy atom. The Morgan fingerprint density at radius 2 is 1.20 bits per heavy atom. The first-order valence-electron chi connectivity index (χ1n) is 14.6. The Balaban J connectivity index is 1.34. The van der Waals surface area contributed by atoms with Gasteiger partial charge < -0.3 is 9.55 Å². The molecule has 0 radical (unpaired) electrons. The zero-order valence-corrected chi connectivity index (χ0v) is 21.6. The van der Waals surface area contributed by atoms with Crippen LogP contribution in [0.4, 0.5) is 0 Å². The van der Waals surface area contributed by atoms with E-state index in [1.54, 1.807) is 0 Å². The monoisotopic (exact) mass is 510 g/mol. The minimum atomic E-state index is 0.329. The highest BCUT2D eigenvalue weighted by Gasteiger charge is 2.16. The van der Waals surface area contributed by atoms with Crippen LogP contribution < -0.4 is 0 Å². The van der Waals surface area contributed by atoms with Crippen LogP contribution in [0.25, 0.3) is 82.0 Å². The molecule has 2 aromatic heterocycles. The molecule has 40 heavy (non-hydrogen) atoms. The van der Waals surface area contributed by atoms with Crippen LogP contribution in [-0.4, -0.2) is 9.55 Å². The number of nitrogens with zero attached hydrogens (tertiary/aromatic N) is 1. The van der Waals surface area contributed by atoms with Gasteiger partial charge in [-0.25, -0.2) is 0 Å². The lowest BCUT2D eigenvalue weighted by atomic mass is 9.98.